The molecule has 0 saturated carbocycles. The van der Waals surface area contributed by atoms with Gasteiger partial charge in [-0.15, -0.1) is 11.3 Å². The van der Waals surface area contributed by atoms with E-state index in [0.717, 1.165) is 28.6 Å². The largest absolute Gasteiger partial charge is 0.497 e. The van der Waals surface area contributed by atoms with Crippen molar-refractivity contribution in [1.82, 2.24) is 20.2 Å². The number of nitrogens with zero attached hydrogens (tertiary/aromatic N) is 2. The summed E-state index contributed by atoms with van der Waals surface area (Å²) < 4.78 is 11.7. The van der Waals surface area contributed by atoms with E-state index >= 15 is 0 Å². The molecule has 176 valence electrons. The number of amides is 3. The third-order valence-electron chi connectivity index (χ3n) is 4.84. The van der Waals surface area contributed by atoms with Crippen LogP contribution < -0.4 is 20.9 Å². The summed E-state index contributed by atoms with van der Waals surface area (Å²) >= 11 is 2.57. The van der Waals surface area contributed by atoms with Crippen molar-refractivity contribution in [1.29, 1.82) is 0 Å². The fraction of sp³-hybridized carbons (Fsp3) is 0.364. The lowest BCUT2D eigenvalue weighted by molar-refractivity contribution is -0.117. The SMILES string of the molecule is CCc1sc2nc(SCC(=O)NC(=O)NCCOC)n(-c3cccc(OC)c3)c(=O)c2c1C. The Morgan fingerprint density at radius 1 is 1.27 bits per heavy atom. The summed E-state index contributed by atoms with van der Waals surface area (Å²) in [6, 6.07) is 6.49. The molecule has 0 atom stereocenters. The van der Waals surface area contributed by atoms with Crippen molar-refractivity contribution in [3.05, 3.63) is 45.1 Å². The van der Waals surface area contributed by atoms with Gasteiger partial charge in [-0.25, -0.2) is 9.78 Å². The molecular formula is C22H26N4O5S2. The van der Waals surface area contributed by atoms with Gasteiger partial charge < -0.3 is 14.8 Å². The molecule has 33 heavy (non-hydrogen) atoms. The number of aryl methyl sites for hydroxylation is 2. The standard InChI is InChI=1S/C22H26N4O5S2/c1-5-16-13(2)18-19(33-16)25-22(32-12-17(27)24-21(29)23-9-10-30-3)26(20(18)28)14-7-6-8-15(11-14)31-4/h6-8,11H,5,9-10,12H2,1-4H3,(H2,23,24,27,29). The van der Waals surface area contributed by atoms with Crippen LogP contribution in [0.3, 0.4) is 0 Å². The van der Waals surface area contributed by atoms with Crippen LogP contribution in [0.1, 0.15) is 17.4 Å². The Balaban J connectivity index is 1.95. The molecule has 2 aromatic heterocycles. The highest BCUT2D eigenvalue weighted by Crippen LogP contribution is 2.31. The first kappa shape index (κ1) is 24.7. The Morgan fingerprint density at radius 3 is 2.76 bits per heavy atom. The molecule has 3 aromatic rings. The third-order valence-corrected chi connectivity index (χ3v) is 7.11. The maximum absolute atomic E-state index is 13.6. The number of benzene rings is 1. The number of imide groups is 1. The summed E-state index contributed by atoms with van der Waals surface area (Å²) in [5.41, 5.74) is 1.30. The predicted octanol–water partition coefficient (Wildman–Crippen LogP) is 2.89. The second kappa shape index (κ2) is 11.3. The fourth-order valence-electron chi connectivity index (χ4n) is 3.23. The van der Waals surface area contributed by atoms with Crippen LogP contribution in [0.25, 0.3) is 15.9 Å². The molecule has 0 bridgehead atoms. The van der Waals surface area contributed by atoms with Crippen molar-refractivity contribution >= 4 is 45.3 Å². The van der Waals surface area contributed by atoms with Crippen molar-refractivity contribution in [3.8, 4) is 11.4 Å². The van der Waals surface area contributed by atoms with Crippen molar-refractivity contribution in [3.63, 3.8) is 0 Å². The number of carbonyl (C=O) groups excluding carboxylic acids is 2. The zero-order valence-electron chi connectivity index (χ0n) is 18.9. The Hall–Kier alpha value is -2.89. The number of urea groups is 1. The summed E-state index contributed by atoms with van der Waals surface area (Å²) in [5, 5.41) is 5.72. The van der Waals surface area contributed by atoms with Crippen LogP contribution in [0.4, 0.5) is 4.79 Å². The molecule has 0 aliphatic rings. The number of fused-ring (bicyclic) bond motifs is 1. The van der Waals surface area contributed by atoms with Crippen molar-refractivity contribution in [2.24, 2.45) is 0 Å². The lowest BCUT2D eigenvalue weighted by atomic mass is 10.2. The number of thiophene rings is 1. The number of aromatic nitrogens is 2. The van der Waals surface area contributed by atoms with E-state index in [1.165, 1.54) is 23.0 Å². The molecule has 2 N–H and O–H groups in total. The molecule has 11 heteroatoms. The second-order valence-electron chi connectivity index (χ2n) is 7.01. The molecule has 3 rings (SSSR count). The van der Waals surface area contributed by atoms with Gasteiger partial charge in [-0.1, -0.05) is 24.8 Å². The molecule has 0 aliphatic carbocycles. The summed E-state index contributed by atoms with van der Waals surface area (Å²) in [7, 11) is 3.07. The highest BCUT2D eigenvalue weighted by atomic mass is 32.2. The first-order valence-corrected chi connectivity index (χ1v) is 12.1. The number of hydrogen-bond donors (Lipinski definition) is 2. The van der Waals surface area contributed by atoms with E-state index in [2.05, 4.69) is 10.6 Å². The van der Waals surface area contributed by atoms with Gasteiger partial charge in [-0.05, 0) is 31.0 Å². The Labute approximate surface area is 199 Å². The minimum atomic E-state index is -0.604. The molecule has 0 spiro atoms. The minimum absolute atomic E-state index is 0.0927. The number of rotatable bonds is 9. The van der Waals surface area contributed by atoms with Gasteiger partial charge in [0.1, 0.15) is 10.6 Å². The van der Waals surface area contributed by atoms with Crippen molar-refractivity contribution in [2.75, 3.05) is 33.1 Å². The summed E-state index contributed by atoms with van der Waals surface area (Å²) in [6.07, 6.45) is 0.800. The number of methoxy groups -OCH3 is 2. The van der Waals surface area contributed by atoms with E-state index in [1.807, 2.05) is 13.8 Å². The van der Waals surface area contributed by atoms with E-state index in [9.17, 15) is 14.4 Å². The topological polar surface area (TPSA) is 112 Å². The number of hydrogen-bond acceptors (Lipinski definition) is 8. The number of ether oxygens (including phenoxy) is 2. The number of carbonyl (C=O) groups is 2. The minimum Gasteiger partial charge on any atom is -0.497 e. The lowest BCUT2D eigenvalue weighted by Gasteiger charge is -2.13. The van der Waals surface area contributed by atoms with E-state index in [4.69, 9.17) is 14.5 Å². The van der Waals surface area contributed by atoms with Crippen LogP contribution in [0.2, 0.25) is 0 Å². The Bertz CT molecular complexity index is 1220. The highest BCUT2D eigenvalue weighted by Gasteiger charge is 2.20. The van der Waals surface area contributed by atoms with Gasteiger partial charge in [0.05, 0.1) is 30.5 Å². The van der Waals surface area contributed by atoms with Crippen LogP contribution in [-0.4, -0.2) is 54.6 Å². The first-order chi connectivity index (χ1) is 15.9. The smallest absolute Gasteiger partial charge is 0.321 e. The Morgan fingerprint density at radius 2 is 2.06 bits per heavy atom. The van der Waals surface area contributed by atoms with Crippen LogP contribution in [0.5, 0.6) is 5.75 Å². The molecule has 9 nitrogen and oxygen atoms in total. The molecule has 0 unspecified atom stereocenters. The van der Waals surface area contributed by atoms with Gasteiger partial charge in [0.25, 0.3) is 5.56 Å². The third kappa shape index (κ3) is 5.73. The highest BCUT2D eigenvalue weighted by molar-refractivity contribution is 7.99. The van der Waals surface area contributed by atoms with Crippen LogP contribution >= 0.6 is 23.1 Å². The van der Waals surface area contributed by atoms with Crippen LogP contribution in [0.15, 0.2) is 34.2 Å². The first-order valence-electron chi connectivity index (χ1n) is 10.3. The average Bonchev–Trinajstić information content (AvgIpc) is 3.13. The van der Waals surface area contributed by atoms with Crippen molar-refractivity contribution < 1.29 is 19.1 Å². The van der Waals surface area contributed by atoms with Crippen molar-refractivity contribution in [2.45, 2.75) is 25.4 Å². The van der Waals surface area contributed by atoms with Crippen LogP contribution in [-0.2, 0) is 16.0 Å². The summed E-state index contributed by atoms with van der Waals surface area (Å²) in [4.78, 5) is 44.1. The van der Waals surface area contributed by atoms with E-state index in [0.29, 0.717) is 33.4 Å². The Kier molecular flexibility index (Phi) is 8.48. The predicted molar refractivity (Wildman–Crippen MR) is 130 cm³/mol. The van der Waals surface area contributed by atoms with Gasteiger partial charge in [-0.2, -0.15) is 0 Å². The quantitative estimate of drug-likeness (QED) is 0.269. The normalized spacial score (nSPS) is 10.9. The monoisotopic (exact) mass is 490 g/mol. The van der Waals surface area contributed by atoms with Gasteiger partial charge >= 0.3 is 6.03 Å². The maximum atomic E-state index is 13.6. The molecule has 3 amide bonds. The number of thioether (sulfide) groups is 1. The zero-order chi connectivity index (χ0) is 24.0. The van der Waals surface area contributed by atoms with Gasteiger partial charge in [0.15, 0.2) is 5.16 Å². The molecule has 0 radical (unpaired) electrons. The zero-order valence-corrected chi connectivity index (χ0v) is 20.5. The summed E-state index contributed by atoms with van der Waals surface area (Å²) in [6.45, 7) is 4.59. The van der Waals surface area contributed by atoms with E-state index in [-0.39, 0.29) is 17.9 Å². The molecule has 0 saturated heterocycles. The molecule has 0 aliphatic heterocycles. The summed E-state index contributed by atoms with van der Waals surface area (Å²) in [5.74, 6) is 0.000189. The second-order valence-corrected chi connectivity index (χ2v) is 9.03. The fourth-order valence-corrected chi connectivity index (χ4v) is 5.20. The molecule has 1 aromatic carbocycles. The maximum Gasteiger partial charge on any atom is 0.321 e. The van der Waals surface area contributed by atoms with Crippen LogP contribution in [0, 0.1) is 6.92 Å². The average molecular weight is 491 g/mol. The van der Waals surface area contributed by atoms with Gasteiger partial charge in [0, 0.05) is 24.6 Å². The van der Waals surface area contributed by atoms with Gasteiger partial charge in [-0.3, -0.25) is 19.5 Å². The molecule has 0 fully saturated rings. The molecule has 2 heterocycles. The molecular weight excluding hydrogens is 464 g/mol. The van der Waals surface area contributed by atoms with E-state index in [1.54, 1.807) is 31.4 Å². The van der Waals surface area contributed by atoms with E-state index < -0.39 is 11.9 Å². The van der Waals surface area contributed by atoms with Gasteiger partial charge in [0.2, 0.25) is 5.91 Å². The number of nitrogens with one attached hydrogen (secondary N) is 2. The lowest BCUT2D eigenvalue weighted by Crippen LogP contribution is -2.41.